The summed E-state index contributed by atoms with van der Waals surface area (Å²) < 4.78 is 7.41. The number of pyridine rings is 1. The first-order valence-corrected chi connectivity index (χ1v) is 9.53. The van der Waals surface area contributed by atoms with Crippen molar-refractivity contribution in [2.24, 2.45) is 0 Å². The topological polar surface area (TPSA) is 97.6 Å². The highest BCUT2D eigenvalue weighted by atomic mass is 16.5. The molecule has 4 heterocycles. The van der Waals surface area contributed by atoms with Crippen LogP contribution >= 0.6 is 0 Å². The third-order valence-corrected chi connectivity index (χ3v) is 5.22. The van der Waals surface area contributed by atoms with Gasteiger partial charge >= 0.3 is 0 Å². The number of imidazole rings is 2. The molecule has 9 nitrogen and oxygen atoms in total. The number of nitrogens with zero attached hydrogens (tertiary/aromatic N) is 7. The number of aromatic amines is 1. The SMILES string of the molecule is COc1ccc2nc([C@H](C)N(C)c3ncnc4nc[nH]c34)n(-c3ccccc3)c2n1. The van der Waals surface area contributed by atoms with Gasteiger partial charge in [0.25, 0.3) is 0 Å². The van der Waals surface area contributed by atoms with E-state index in [0.29, 0.717) is 11.5 Å². The molecule has 5 aromatic rings. The smallest absolute Gasteiger partial charge is 0.215 e. The molecule has 0 amide bonds. The van der Waals surface area contributed by atoms with Gasteiger partial charge < -0.3 is 14.6 Å². The van der Waals surface area contributed by atoms with E-state index in [-0.39, 0.29) is 6.04 Å². The summed E-state index contributed by atoms with van der Waals surface area (Å²) in [7, 11) is 3.59. The van der Waals surface area contributed by atoms with Crippen LogP contribution in [0.4, 0.5) is 5.82 Å². The second-order valence-corrected chi connectivity index (χ2v) is 6.92. The number of anilines is 1. The van der Waals surface area contributed by atoms with Gasteiger partial charge in [0, 0.05) is 18.8 Å². The summed E-state index contributed by atoms with van der Waals surface area (Å²) >= 11 is 0. The minimum atomic E-state index is -0.119. The molecule has 1 N–H and O–H groups in total. The zero-order chi connectivity index (χ0) is 20.7. The second kappa shape index (κ2) is 7.11. The Kier molecular flexibility index (Phi) is 4.27. The van der Waals surface area contributed by atoms with Gasteiger partial charge in [-0.2, -0.15) is 4.98 Å². The molecule has 0 aliphatic rings. The van der Waals surface area contributed by atoms with E-state index in [1.54, 1.807) is 13.4 Å². The van der Waals surface area contributed by atoms with Gasteiger partial charge in [-0.15, -0.1) is 0 Å². The number of fused-ring (bicyclic) bond motifs is 2. The van der Waals surface area contributed by atoms with E-state index in [1.807, 2.05) is 49.5 Å². The normalized spacial score (nSPS) is 12.4. The second-order valence-electron chi connectivity index (χ2n) is 6.92. The van der Waals surface area contributed by atoms with Crippen molar-refractivity contribution < 1.29 is 4.74 Å². The predicted molar refractivity (Wildman–Crippen MR) is 114 cm³/mol. The van der Waals surface area contributed by atoms with Crippen molar-refractivity contribution >= 4 is 28.1 Å². The molecule has 0 unspecified atom stereocenters. The van der Waals surface area contributed by atoms with E-state index in [2.05, 4.69) is 41.3 Å². The van der Waals surface area contributed by atoms with Crippen molar-refractivity contribution in [1.29, 1.82) is 0 Å². The van der Waals surface area contributed by atoms with Crippen LogP contribution in [0, 0.1) is 0 Å². The number of benzene rings is 1. The quantitative estimate of drug-likeness (QED) is 0.483. The molecule has 30 heavy (non-hydrogen) atoms. The fourth-order valence-electron chi connectivity index (χ4n) is 3.56. The number of hydrogen-bond donors (Lipinski definition) is 1. The summed E-state index contributed by atoms with van der Waals surface area (Å²) in [6.45, 7) is 2.09. The van der Waals surface area contributed by atoms with E-state index < -0.39 is 0 Å². The molecule has 1 aromatic carbocycles. The summed E-state index contributed by atoms with van der Waals surface area (Å²) in [5.74, 6) is 2.13. The van der Waals surface area contributed by atoms with Gasteiger partial charge in [0.05, 0.1) is 19.5 Å². The number of H-pyrrole nitrogens is 1. The maximum Gasteiger partial charge on any atom is 0.215 e. The Morgan fingerprint density at radius 1 is 1.03 bits per heavy atom. The number of rotatable bonds is 5. The molecule has 0 saturated carbocycles. The molecule has 0 radical (unpaired) electrons. The lowest BCUT2D eigenvalue weighted by Gasteiger charge is -2.26. The van der Waals surface area contributed by atoms with Crippen LogP contribution < -0.4 is 9.64 Å². The van der Waals surface area contributed by atoms with Gasteiger partial charge in [-0.3, -0.25) is 4.57 Å². The third kappa shape index (κ3) is 2.83. The first kappa shape index (κ1) is 18.0. The molecule has 150 valence electrons. The molecule has 0 fully saturated rings. The van der Waals surface area contributed by atoms with Crippen LogP contribution in [-0.4, -0.2) is 48.6 Å². The molecule has 0 aliphatic carbocycles. The monoisotopic (exact) mass is 400 g/mol. The molecule has 0 spiro atoms. The van der Waals surface area contributed by atoms with Gasteiger partial charge in [-0.1, -0.05) is 18.2 Å². The highest BCUT2D eigenvalue weighted by Gasteiger charge is 2.24. The molecule has 0 saturated heterocycles. The lowest BCUT2D eigenvalue weighted by Crippen LogP contribution is -2.25. The summed E-state index contributed by atoms with van der Waals surface area (Å²) in [5, 5.41) is 0. The maximum atomic E-state index is 5.35. The van der Waals surface area contributed by atoms with Crippen LogP contribution in [-0.2, 0) is 0 Å². The average Bonchev–Trinajstić information content (AvgIpc) is 3.42. The van der Waals surface area contributed by atoms with E-state index in [4.69, 9.17) is 9.72 Å². The van der Waals surface area contributed by atoms with Gasteiger partial charge in [-0.25, -0.2) is 19.9 Å². The van der Waals surface area contributed by atoms with E-state index in [1.165, 1.54) is 6.33 Å². The molecule has 0 bridgehead atoms. The molecule has 0 aliphatic heterocycles. The van der Waals surface area contributed by atoms with Crippen LogP contribution in [0.25, 0.3) is 28.0 Å². The molecule has 9 heteroatoms. The number of aromatic nitrogens is 7. The largest absolute Gasteiger partial charge is 0.481 e. The first-order valence-electron chi connectivity index (χ1n) is 9.53. The van der Waals surface area contributed by atoms with Crippen molar-refractivity contribution in [2.75, 3.05) is 19.1 Å². The number of nitrogens with one attached hydrogen (secondary N) is 1. The third-order valence-electron chi connectivity index (χ3n) is 5.22. The molecule has 4 aromatic heterocycles. The fourth-order valence-corrected chi connectivity index (χ4v) is 3.56. The standard InChI is InChI=1S/C21H20N8O/c1-13(28(2)21-17-18(23-11-22-17)24-12-25-21)19-26-15-9-10-16(30-3)27-20(15)29(19)14-7-5-4-6-8-14/h4-13H,1-3H3,(H,22,23,24,25)/t13-/m0/s1. The van der Waals surface area contributed by atoms with Crippen molar-refractivity contribution in [1.82, 2.24) is 34.5 Å². The first-order chi connectivity index (χ1) is 14.7. The van der Waals surface area contributed by atoms with Crippen molar-refractivity contribution in [3.05, 3.63) is 60.9 Å². The van der Waals surface area contributed by atoms with Gasteiger partial charge in [-0.05, 0) is 25.1 Å². The van der Waals surface area contributed by atoms with E-state index in [9.17, 15) is 0 Å². The van der Waals surface area contributed by atoms with Crippen molar-refractivity contribution in [3.63, 3.8) is 0 Å². The minimum Gasteiger partial charge on any atom is -0.481 e. The Morgan fingerprint density at radius 2 is 1.87 bits per heavy atom. The number of methoxy groups -OCH3 is 1. The summed E-state index contributed by atoms with van der Waals surface area (Å²) in [4.78, 5) is 27.7. The fraction of sp³-hybridized carbons (Fsp3) is 0.190. The maximum absolute atomic E-state index is 5.35. The van der Waals surface area contributed by atoms with Gasteiger partial charge in [0.15, 0.2) is 17.1 Å². The lowest BCUT2D eigenvalue weighted by molar-refractivity contribution is 0.399. The summed E-state index contributed by atoms with van der Waals surface area (Å²) in [5.41, 5.74) is 3.93. The summed E-state index contributed by atoms with van der Waals surface area (Å²) in [6.07, 6.45) is 3.14. The van der Waals surface area contributed by atoms with Crippen molar-refractivity contribution in [2.45, 2.75) is 13.0 Å². The van der Waals surface area contributed by atoms with Crippen LogP contribution in [0.15, 0.2) is 55.1 Å². The number of hydrogen-bond acceptors (Lipinski definition) is 7. The van der Waals surface area contributed by atoms with Crippen LogP contribution in [0.3, 0.4) is 0 Å². The van der Waals surface area contributed by atoms with Crippen LogP contribution in [0.1, 0.15) is 18.8 Å². The number of para-hydroxylation sites is 1. The summed E-state index contributed by atoms with van der Waals surface area (Å²) in [6, 6.07) is 13.7. The molecular weight excluding hydrogens is 380 g/mol. The zero-order valence-electron chi connectivity index (χ0n) is 16.8. The Balaban J connectivity index is 1.69. The Labute approximate surface area is 172 Å². The van der Waals surface area contributed by atoms with Gasteiger partial charge in [0.1, 0.15) is 23.2 Å². The molecule has 1 atom stereocenters. The molecular formula is C21H20N8O. The Bertz CT molecular complexity index is 1330. The highest BCUT2D eigenvalue weighted by molar-refractivity contribution is 5.83. The predicted octanol–water partition coefficient (Wildman–Crippen LogP) is 3.29. The average molecular weight is 400 g/mol. The Hall–Kier alpha value is -4.01. The number of ether oxygens (including phenoxy) is 1. The van der Waals surface area contributed by atoms with E-state index >= 15 is 0 Å². The van der Waals surface area contributed by atoms with Crippen molar-refractivity contribution in [3.8, 4) is 11.6 Å². The van der Waals surface area contributed by atoms with Crippen LogP contribution in [0.2, 0.25) is 0 Å². The molecule has 5 rings (SSSR count). The lowest BCUT2D eigenvalue weighted by atomic mass is 10.2. The van der Waals surface area contributed by atoms with E-state index in [0.717, 1.165) is 34.0 Å². The highest BCUT2D eigenvalue weighted by Crippen LogP contribution is 2.31. The van der Waals surface area contributed by atoms with Crippen LogP contribution in [0.5, 0.6) is 5.88 Å². The zero-order valence-corrected chi connectivity index (χ0v) is 16.8. The Morgan fingerprint density at radius 3 is 2.67 bits per heavy atom. The minimum absolute atomic E-state index is 0.119. The van der Waals surface area contributed by atoms with Gasteiger partial charge in [0.2, 0.25) is 5.88 Å².